The molecule has 0 fully saturated rings. The maximum absolute atomic E-state index is 13.1. The standard InChI is InChI=1S/C19H14IN3O3S/c1-11-21-17(10-27-11)12-2-5-18-13(8-12)6-7-22(18)19(24)15-9-14(23(25)26)3-4-16(15)20/h2-5,8-10H,6-7H2,1H3. The molecule has 4 rings (SSSR count). The minimum Gasteiger partial charge on any atom is -0.308 e. The van der Waals surface area contributed by atoms with E-state index in [0.29, 0.717) is 15.7 Å². The number of nitro benzene ring substituents is 1. The van der Waals surface area contributed by atoms with E-state index in [-0.39, 0.29) is 11.6 Å². The Bertz CT molecular complexity index is 1080. The topological polar surface area (TPSA) is 76.3 Å². The van der Waals surface area contributed by atoms with Crippen molar-refractivity contribution in [3.8, 4) is 11.3 Å². The number of aryl methyl sites for hydroxylation is 1. The van der Waals surface area contributed by atoms with Crippen LogP contribution in [0.1, 0.15) is 20.9 Å². The molecule has 1 aromatic heterocycles. The highest BCUT2D eigenvalue weighted by Gasteiger charge is 2.28. The Kier molecular flexibility index (Phi) is 4.68. The molecular weight excluding hydrogens is 477 g/mol. The molecule has 1 aliphatic rings. The van der Waals surface area contributed by atoms with Gasteiger partial charge >= 0.3 is 0 Å². The molecule has 136 valence electrons. The van der Waals surface area contributed by atoms with Crippen molar-refractivity contribution in [3.05, 3.63) is 71.6 Å². The van der Waals surface area contributed by atoms with Crippen molar-refractivity contribution in [3.63, 3.8) is 0 Å². The number of nitro groups is 1. The van der Waals surface area contributed by atoms with Gasteiger partial charge in [0.15, 0.2) is 0 Å². The van der Waals surface area contributed by atoms with Gasteiger partial charge in [0.1, 0.15) is 0 Å². The summed E-state index contributed by atoms with van der Waals surface area (Å²) in [7, 11) is 0. The third-order valence-electron chi connectivity index (χ3n) is 4.53. The van der Waals surface area contributed by atoms with Gasteiger partial charge in [-0.25, -0.2) is 4.98 Å². The molecule has 1 amide bonds. The molecule has 3 aromatic rings. The molecule has 0 saturated heterocycles. The number of hydrogen-bond acceptors (Lipinski definition) is 5. The minimum atomic E-state index is -0.479. The van der Waals surface area contributed by atoms with E-state index in [9.17, 15) is 14.9 Å². The van der Waals surface area contributed by atoms with Gasteiger partial charge in [-0.3, -0.25) is 14.9 Å². The third kappa shape index (κ3) is 3.34. The molecule has 2 heterocycles. The van der Waals surface area contributed by atoms with Crippen LogP contribution in [-0.4, -0.2) is 22.4 Å². The number of hydrogen-bond donors (Lipinski definition) is 0. The fourth-order valence-electron chi connectivity index (χ4n) is 3.20. The van der Waals surface area contributed by atoms with E-state index < -0.39 is 4.92 Å². The van der Waals surface area contributed by atoms with Gasteiger partial charge in [-0.1, -0.05) is 6.07 Å². The molecule has 0 radical (unpaired) electrons. The average molecular weight is 491 g/mol. The highest BCUT2D eigenvalue weighted by Crippen LogP contribution is 2.34. The Hall–Kier alpha value is -2.33. The number of non-ortho nitro benzene ring substituents is 1. The number of fused-ring (bicyclic) bond motifs is 1. The molecule has 1 aliphatic heterocycles. The molecule has 0 saturated carbocycles. The predicted octanol–water partition coefficient (Wildman–Crippen LogP) is 4.83. The SMILES string of the molecule is Cc1nc(-c2ccc3c(c2)CCN3C(=O)c2cc([N+](=O)[O-])ccc2I)cs1. The van der Waals surface area contributed by atoms with Gasteiger partial charge in [0.25, 0.3) is 11.6 Å². The largest absolute Gasteiger partial charge is 0.308 e. The highest BCUT2D eigenvalue weighted by molar-refractivity contribution is 14.1. The molecule has 0 N–H and O–H groups in total. The van der Waals surface area contributed by atoms with E-state index in [4.69, 9.17) is 0 Å². The summed E-state index contributed by atoms with van der Waals surface area (Å²) in [6.45, 7) is 2.54. The van der Waals surface area contributed by atoms with Crippen LogP contribution in [0.25, 0.3) is 11.3 Å². The zero-order chi connectivity index (χ0) is 19.1. The summed E-state index contributed by atoms with van der Waals surface area (Å²) >= 11 is 3.65. The van der Waals surface area contributed by atoms with E-state index in [1.165, 1.54) is 12.1 Å². The van der Waals surface area contributed by atoms with E-state index in [2.05, 4.69) is 11.1 Å². The summed E-state index contributed by atoms with van der Waals surface area (Å²) in [6, 6.07) is 10.4. The van der Waals surface area contributed by atoms with Crippen LogP contribution in [0.15, 0.2) is 41.8 Å². The van der Waals surface area contributed by atoms with Crippen molar-refractivity contribution >= 4 is 51.2 Å². The summed E-state index contributed by atoms with van der Waals surface area (Å²) < 4.78 is 0.700. The Morgan fingerprint density at radius 1 is 1.30 bits per heavy atom. The smallest absolute Gasteiger partial charge is 0.270 e. The van der Waals surface area contributed by atoms with E-state index in [1.807, 2.05) is 47.0 Å². The van der Waals surface area contributed by atoms with Crippen molar-refractivity contribution < 1.29 is 9.72 Å². The third-order valence-corrected chi connectivity index (χ3v) is 6.24. The number of carbonyl (C=O) groups excluding carboxylic acids is 1. The molecular formula is C19H14IN3O3S. The number of rotatable bonds is 3. The van der Waals surface area contributed by atoms with E-state index >= 15 is 0 Å². The Balaban J connectivity index is 1.67. The lowest BCUT2D eigenvalue weighted by Crippen LogP contribution is -2.29. The van der Waals surface area contributed by atoms with Gasteiger partial charge in [0.2, 0.25) is 0 Å². The molecule has 0 atom stereocenters. The molecule has 0 spiro atoms. The lowest BCUT2D eigenvalue weighted by molar-refractivity contribution is -0.384. The fourth-order valence-corrected chi connectivity index (χ4v) is 4.39. The number of halogens is 1. The monoisotopic (exact) mass is 491 g/mol. The summed E-state index contributed by atoms with van der Waals surface area (Å²) in [4.78, 5) is 29.8. The van der Waals surface area contributed by atoms with Gasteiger partial charge in [0.05, 0.1) is 21.2 Å². The first-order valence-corrected chi connectivity index (χ1v) is 10.2. The Labute approximate surface area is 173 Å². The van der Waals surface area contributed by atoms with Crippen molar-refractivity contribution in [2.75, 3.05) is 11.4 Å². The fraction of sp³-hybridized carbons (Fsp3) is 0.158. The van der Waals surface area contributed by atoms with E-state index in [0.717, 1.165) is 33.9 Å². The first-order chi connectivity index (χ1) is 12.9. The zero-order valence-electron chi connectivity index (χ0n) is 14.3. The van der Waals surface area contributed by atoms with Crippen molar-refractivity contribution in [1.29, 1.82) is 0 Å². The van der Waals surface area contributed by atoms with Crippen LogP contribution in [-0.2, 0) is 6.42 Å². The van der Waals surface area contributed by atoms with E-state index in [1.54, 1.807) is 22.3 Å². The van der Waals surface area contributed by atoms with Crippen LogP contribution in [0.3, 0.4) is 0 Å². The predicted molar refractivity (Wildman–Crippen MR) is 113 cm³/mol. The number of anilines is 1. The molecule has 0 aliphatic carbocycles. The number of nitrogens with zero attached hydrogens (tertiary/aromatic N) is 3. The van der Waals surface area contributed by atoms with Crippen LogP contribution in [0.5, 0.6) is 0 Å². The summed E-state index contributed by atoms with van der Waals surface area (Å²) in [6.07, 6.45) is 0.754. The molecule has 2 aromatic carbocycles. The second kappa shape index (κ2) is 7.01. The normalized spacial score (nSPS) is 12.9. The van der Waals surface area contributed by atoms with Gasteiger partial charge in [-0.05, 0) is 59.7 Å². The van der Waals surface area contributed by atoms with Crippen LogP contribution >= 0.6 is 33.9 Å². The summed E-state index contributed by atoms with van der Waals surface area (Å²) in [5, 5.41) is 14.1. The lowest BCUT2D eigenvalue weighted by Gasteiger charge is -2.18. The number of thiazole rings is 1. The lowest BCUT2D eigenvalue weighted by atomic mass is 10.1. The first kappa shape index (κ1) is 18.1. The zero-order valence-corrected chi connectivity index (χ0v) is 17.3. The van der Waals surface area contributed by atoms with Crippen LogP contribution in [0.2, 0.25) is 0 Å². The maximum Gasteiger partial charge on any atom is 0.270 e. The van der Waals surface area contributed by atoms with Gasteiger partial charge in [-0.2, -0.15) is 0 Å². The van der Waals surface area contributed by atoms with Crippen molar-refractivity contribution in [2.45, 2.75) is 13.3 Å². The van der Waals surface area contributed by atoms with Gasteiger partial charge in [-0.15, -0.1) is 11.3 Å². The number of aromatic nitrogens is 1. The van der Waals surface area contributed by atoms with Gasteiger partial charge in [0, 0.05) is 38.9 Å². The quantitative estimate of drug-likeness (QED) is 0.299. The second-order valence-electron chi connectivity index (χ2n) is 6.22. The second-order valence-corrected chi connectivity index (χ2v) is 8.45. The summed E-state index contributed by atoms with van der Waals surface area (Å²) in [5.41, 5.74) is 4.21. The Morgan fingerprint density at radius 3 is 2.81 bits per heavy atom. The number of benzene rings is 2. The van der Waals surface area contributed by atoms with Crippen molar-refractivity contribution in [2.24, 2.45) is 0 Å². The molecule has 27 heavy (non-hydrogen) atoms. The highest BCUT2D eigenvalue weighted by atomic mass is 127. The van der Waals surface area contributed by atoms with Crippen LogP contribution in [0, 0.1) is 20.6 Å². The number of amides is 1. The van der Waals surface area contributed by atoms with Crippen molar-refractivity contribution in [1.82, 2.24) is 4.98 Å². The maximum atomic E-state index is 13.1. The minimum absolute atomic E-state index is 0.0764. The first-order valence-electron chi connectivity index (χ1n) is 8.25. The van der Waals surface area contributed by atoms with Crippen LogP contribution in [0.4, 0.5) is 11.4 Å². The molecule has 8 heteroatoms. The Morgan fingerprint density at radius 2 is 2.11 bits per heavy atom. The van der Waals surface area contributed by atoms with Crippen LogP contribution < -0.4 is 4.90 Å². The van der Waals surface area contributed by atoms with Gasteiger partial charge < -0.3 is 4.90 Å². The molecule has 0 bridgehead atoms. The number of carbonyl (C=O) groups is 1. The summed E-state index contributed by atoms with van der Waals surface area (Å²) in [5.74, 6) is -0.209. The molecule has 6 nitrogen and oxygen atoms in total. The average Bonchev–Trinajstić information content (AvgIpc) is 3.27. The molecule has 0 unspecified atom stereocenters.